The van der Waals surface area contributed by atoms with Gasteiger partial charge in [0.05, 0.1) is 26.7 Å². The van der Waals surface area contributed by atoms with Crippen molar-refractivity contribution in [2.24, 2.45) is 5.41 Å². The second kappa shape index (κ2) is 15.0. The lowest BCUT2D eigenvalue weighted by molar-refractivity contribution is -0.151. The van der Waals surface area contributed by atoms with Crippen LogP contribution in [0, 0.1) is 5.41 Å². The predicted octanol–water partition coefficient (Wildman–Crippen LogP) is 6.46. The molecule has 3 rings (SSSR count). The Labute approximate surface area is 265 Å². The van der Waals surface area contributed by atoms with Crippen molar-refractivity contribution in [3.8, 4) is 11.5 Å². The molecular weight excluding hydrogens is 588 g/mol. The van der Waals surface area contributed by atoms with Crippen molar-refractivity contribution in [2.75, 3.05) is 38.3 Å². The number of rotatable bonds is 11. The lowest BCUT2D eigenvalue weighted by atomic mass is 9.94. The monoisotopic (exact) mass is 632 g/mol. The number of fused-ring (bicyclic) bond motifs is 1. The predicted molar refractivity (Wildman–Crippen MR) is 169 cm³/mol. The minimum absolute atomic E-state index is 0.186. The summed E-state index contributed by atoms with van der Waals surface area (Å²) in [5, 5.41) is 3.18. The van der Waals surface area contributed by atoms with Crippen molar-refractivity contribution in [2.45, 2.75) is 79.1 Å². The van der Waals surface area contributed by atoms with E-state index in [-0.39, 0.29) is 31.0 Å². The van der Waals surface area contributed by atoms with Crippen molar-refractivity contribution in [1.29, 1.82) is 0 Å². The fraction of sp³-hybridized carbons (Fsp3) is 0.545. The summed E-state index contributed by atoms with van der Waals surface area (Å²) >= 11 is 6.49. The zero-order valence-corrected chi connectivity index (χ0v) is 27.7. The van der Waals surface area contributed by atoms with Crippen LogP contribution in [0.1, 0.15) is 78.5 Å². The summed E-state index contributed by atoms with van der Waals surface area (Å²) in [5.41, 5.74) is 1.04. The number of hydrogen-bond acceptors (Lipinski definition) is 8. The average molecular weight is 633 g/mol. The first-order valence-corrected chi connectivity index (χ1v) is 15.2. The maximum absolute atomic E-state index is 14.0. The number of nitrogens with one attached hydrogen (secondary N) is 1. The average Bonchev–Trinajstić information content (AvgIpc) is 3.01. The second-order valence-corrected chi connectivity index (χ2v) is 13.1. The standard InChI is InChI=1S/C33H45ClN2O8/c1-9-41-27(37)19-26-30(38)36(20-32(2,3)4)24-15-14-21(34)18-23(24)28(43-26)22-12-10-13-25(29(22)40-8)42-17-11-16-35-31(39)44-33(5,6)7/h10,12-15,18,26,28H,9,11,16-17,19-20H2,1-8H3,(H,35,39)/t26-,28-/m0/s1. The van der Waals surface area contributed by atoms with Crippen LogP contribution in [-0.4, -0.2) is 63.1 Å². The van der Waals surface area contributed by atoms with E-state index in [1.54, 1.807) is 62.9 Å². The van der Waals surface area contributed by atoms with Crippen LogP contribution in [0.25, 0.3) is 0 Å². The van der Waals surface area contributed by atoms with Crippen LogP contribution in [-0.2, 0) is 23.8 Å². The maximum atomic E-state index is 14.0. The van der Waals surface area contributed by atoms with E-state index in [9.17, 15) is 14.4 Å². The molecule has 2 amide bonds. The molecule has 1 aliphatic rings. The number of amides is 2. The van der Waals surface area contributed by atoms with Crippen LogP contribution in [0.3, 0.4) is 0 Å². The number of para-hydroxylation sites is 1. The smallest absolute Gasteiger partial charge is 0.407 e. The summed E-state index contributed by atoms with van der Waals surface area (Å²) in [4.78, 5) is 40.2. The molecule has 0 unspecified atom stereocenters. The fourth-order valence-electron chi connectivity index (χ4n) is 4.78. The van der Waals surface area contributed by atoms with Gasteiger partial charge in [0.1, 0.15) is 17.8 Å². The van der Waals surface area contributed by atoms with Crippen molar-refractivity contribution < 1.29 is 38.1 Å². The Morgan fingerprint density at radius 3 is 2.43 bits per heavy atom. The number of benzene rings is 2. The first-order valence-electron chi connectivity index (χ1n) is 14.8. The molecule has 0 spiro atoms. The Balaban J connectivity index is 1.96. The summed E-state index contributed by atoms with van der Waals surface area (Å²) in [6, 6.07) is 10.7. The lowest BCUT2D eigenvalue weighted by Crippen LogP contribution is -2.44. The van der Waals surface area contributed by atoms with Gasteiger partial charge in [-0.2, -0.15) is 0 Å². The third-order valence-corrected chi connectivity index (χ3v) is 6.67. The highest BCUT2D eigenvalue weighted by molar-refractivity contribution is 6.30. The zero-order chi connectivity index (χ0) is 32.7. The van der Waals surface area contributed by atoms with Crippen LogP contribution in [0.4, 0.5) is 10.5 Å². The number of esters is 1. The number of anilines is 1. The Morgan fingerprint density at radius 1 is 1.07 bits per heavy atom. The summed E-state index contributed by atoms with van der Waals surface area (Å²) in [5.74, 6) is -0.00936. The normalized spacial score (nSPS) is 16.9. The molecule has 10 nitrogen and oxygen atoms in total. The number of hydrogen-bond donors (Lipinski definition) is 1. The van der Waals surface area contributed by atoms with E-state index in [4.69, 9.17) is 35.3 Å². The first-order chi connectivity index (χ1) is 20.6. The van der Waals surface area contributed by atoms with E-state index in [1.165, 1.54) is 7.11 Å². The van der Waals surface area contributed by atoms with Gasteiger partial charge in [-0.3, -0.25) is 9.59 Å². The molecule has 11 heteroatoms. The van der Waals surface area contributed by atoms with E-state index in [0.717, 1.165) is 0 Å². The van der Waals surface area contributed by atoms with Gasteiger partial charge < -0.3 is 33.9 Å². The molecule has 0 saturated heterocycles. The molecule has 0 fully saturated rings. The molecule has 2 aromatic carbocycles. The quantitative estimate of drug-likeness (QED) is 0.222. The van der Waals surface area contributed by atoms with Gasteiger partial charge in [0.15, 0.2) is 11.5 Å². The van der Waals surface area contributed by atoms with Crippen LogP contribution in [0.2, 0.25) is 5.02 Å². The Kier molecular flexibility index (Phi) is 11.9. The topological polar surface area (TPSA) is 113 Å². The molecule has 0 aliphatic carbocycles. The maximum Gasteiger partial charge on any atom is 0.407 e. The SMILES string of the molecule is CCOC(=O)C[C@@H]1O[C@@H](c2cccc(OCCCNC(=O)OC(C)(C)C)c2OC)c2cc(Cl)ccc2N(CC(C)(C)C)C1=O. The summed E-state index contributed by atoms with van der Waals surface area (Å²) in [7, 11) is 1.53. The van der Waals surface area contributed by atoms with Crippen LogP contribution < -0.4 is 19.7 Å². The summed E-state index contributed by atoms with van der Waals surface area (Å²) in [6.07, 6.45) is -2.19. The molecular formula is C33H45ClN2O8. The molecule has 1 N–H and O–H groups in total. The number of halogens is 1. The van der Waals surface area contributed by atoms with E-state index in [2.05, 4.69) is 5.32 Å². The van der Waals surface area contributed by atoms with E-state index >= 15 is 0 Å². The summed E-state index contributed by atoms with van der Waals surface area (Å²) in [6.45, 7) is 14.4. The number of carbonyl (C=O) groups is 3. The fourth-order valence-corrected chi connectivity index (χ4v) is 4.97. The van der Waals surface area contributed by atoms with E-state index in [1.807, 2.05) is 26.8 Å². The molecule has 242 valence electrons. The van der Waals surface area contributed by atoms with Gasteiger partial charge in [-0.05, 0) is 63.8 Å². The molecule has 0 saturated carbocycles. The lowest BCUT2D eigenvalue weighted by Gasteiger charge is -2.31. The number of methoxy groups -OCH3 is 1. The Hall–Kier alpha value is -3.50. The van der Waals surface area contributed by atoms with Crippen LogP contribution in [0.5, 0.6) is 11.5 Å². The third-order valence-electron chi connectivity index (χ3n) is 6.44. The van der Waals surface area contributed by atoms with E-state index < -0.39 is 29.9 Å². The van der Waals surface area contributed by atoms with Gasteiger partial charge in [-0.25, -0.2) is 4.79 Å². The van der Waals surface area contributed by atoms with Gasteiger partial charge in [-0.1, -0.05) is 44.5 Å². The van der Waals surface area contributed by atoms with Gasteiger partial charge in [-0.15, -0.1) is 0 Å². The minimum atomic E-state index is -1.12. The molecule has 0 bridgehead atoms. The van der Waals surface area contributed by atoms with Crippen molar-refractivity contribution in [3.05, 3.63) is 52.5 Å². The molecule has 44 heavy (non-hydrogen) atoms. The van der Waals surface area contributed by atoms with Gasteiger partial charge >= 0.3 is 12.1 Å². The number of alkyl carbamates (subject to hydrolysis) is 1. The summed E-state index contributed by atoms with van der Waals surface area (Å²) < 4.78 is 28.9. The highest BCUT2D eigenvalue weighted by Crippen LogP contribution is 2.45. The van der Waals surface area contributed by atoms with Crippen molar-refractivity contribution in [3.63, 3.8) is 0 Å². The van der Waals surface area contributed by atoms with Crippen LogP contribution >= 0.6 is 11.6 Å². The molecule has 1 aliphatic heterocycles. The Bertz CT molecular complexity index is 1320. The zero-order valence-electron chi connectivity index (χ0n) is 27.0. The molecule has 1 heterocycles. The number of carbonyl (C=O) groups excluding carboxylic acids is 3. The van der Waals surface area contributed by atoms with E-state index in [0.29, 0.717) is 52.8 Å². The molecule has 0 radical (unpaired) electrons. The second-order valence-electron chi connectivity index (χ2n) is 12.7. The first kappa shape index (κ1) is 35.0. The van der Waals surface area contributed by atoms with Crippen molar-refractivity contribution >= 4 is 35.3 Å². The largest absolute Gasteiger partial charge is 0.492 e. The van der Waals surface area contributed by atoms with Crippen molar-refractivity contribution in [1.82, 2.24) is 5.32 Å². The Morgan fingerprint density at radius 2 is 1.80 bits per heavy atom. The highest BCUT2D eigenvalue weighted by Gasteiger charge is 2.40. The molecule has 0 aromatic heterocycles. The number of nitrogens with zero attached hydrogens (tertiary/aromatic N) is 1. The molecule has 2 atom stereocenters. The van der Waals surface area contributed by atoms with Crippen LogP contribution in [0.15, 0.2) is 36.4 Å². The highest BCUT2D eigenvalue weighted by atomic mass is 35.5. The third kappa shape index (κ3) is 9.75. The van der Waals surface area contributed by atoms with Gasteiger partial charge in [0.25, 0.3) is 5.91 Å². The van der Waals surface area contributed by atoms with Gasteiger partial charge in [0, 0.05) is 34.9 Å². The van der Waals surface area contributed by atoms with Gasteiger partial charge in [0.2, 0.25) is 0 Å². The minimum Gasteiger partial charge on any atom is -0.492 e. The number of ether oxygens (including phenoxy) is 5. The molecule has 2 aromatic rings.